The third kappa shape index (κ3) is 3.04. The molecule has 2 heterocycles. The van der Waals surface area contributed by atoms with Gasteiger partial charge in [0.25, 0.3) is 5.56 Å². The summed E-state index contributed by atoms with van der Waals surface area (Å²) in [6, 6.07) is -0.402. The summed E-state index contributed by atoms with van der Waals surface area (Å²) in [5.74, 6) is 0.127. The van der Waals surface area contributed by atoms with Crippen LogP contribution in [0.25, 0.3) is 0 Å². The van der Waals surface area contributed by atoms with Crippen LogP contribution in [-0.4, -0.2) is 29.8 Å². The van der Waals surface area contributed by atoms with E-state index in [0.717, 1.165) is 5.41 Å². The second-order valence-corrected chi connectivity index (χ2v) is 7.46. The molecule has 2 rings (SSSR count). The average Bonchev–Trinajstić information content (AvgIpc) is 2.59. The Hall–Kier alpha value is -1.63. The summed E-state index contributed by atoms with van der Waals surface area (Å²) in [6.45, 7) is 5.74. The first-order chi connectivity index (χ1) is 8.69. The minimum atomic E-state index is -3.15. The van der Waals surface area contributed by atoms with Gasteiger partial charge in [0.05, 0.1) is 11.8 Å². The lowest BCUT2D eigenvalue weighted by atomic mass is 10.1. The molecule has 0 radical (unpaired) electrons. The summed E-state index contributed by atoms with van der Waals surface area (Å²) in [6.07, 6.45) is 4.68. The molecule has 1 atom stereocenters. The number of hydrogen-bond acceptors (Lipinski definition) is 5. The predicted octanol–water partition coefficient (Wildman–Crippen LogP) is 0.721. The summed E-state index contributed by atoms with van der Waals surface area (Å²) in [4.78, 5) is 16.2. The van der Waals surface area contributed by atoms with Gasteiger partial charge in [-0.1, -0.05) is 0 Å². The van der Waals surface area contributed by atoms with Crippen molar-refractivity contribution in [3.05, 3.63) is 34.2 Å². The molecule has 1 aromatic heterocycles. The van der Waals surface area contributed by atoms with E-state index in [1.165, 1.54) is 12.3 Å². The van der Waals surface area contributed by atoms with Gasteiger partial charge in [-0.2, -0.15) is 0 Å². The third-order valence-corrected chi connectivity index (χ3v) is 4.21. The van der Waals surface area contributed by atoms with Gasteiger partial charge in [0, 0.05) is 23.3 Å². The molecule has 0 spiro atoms. The largest absolute Gasteiger partial charge is 0.358 e. The van der Waals surface area contributed by atoms with Crippen molar-refractivity contribution >= 4 is 15.7 Å². The van der Waals surface area contributed by atoms with Crippen LogP contribution in [-0.2, 0) is 15.4 Å². The van der Waals surface area contributed by atoms with Gasteiger partial charge in [-0.05, 0) is 26.8 Å². The molecule has 1 aliphatic heterocycles. The number of sulfone groups is 1. The Morgan fingerprint density at radius 1 is 1.42 bits per heavy atom. The fraction of sp³-hybridized carbons (Fsp3) is 0.500. The maximum absolute atomic E-state index is 12.2. The lowest BCUT2D eigenvalue weighted by Crippen LogP contribution is -2.36. The fourth-order valence-electron chi connectivity index (χ4n) is 1.88. The molecule has 0 aliphatic carbocycles. The first-order valence-electron chi connectivity index (χ1n) is 5.95. The minimum absolute atomic E-state index is 0.0431. The highest BCUT2D eigenvalue weighted by Gasteiger charge is 2.23. The first-order valence-corrected chi connectivity index (χ1v) is 7.66. The molecule has 0 saturated heterocycles. The molecule has 0 amide bonds. The molecule has 1 N–H and O–H groups in total. The molecule has 1 unspecified atom stereocenters. The van der Waals surface area contributed by atoms with Gasteiger partial charge < -0.3 is 9.88 Å². The van der Waals surface area contributed by atoms with Crippen molar-refractivity contribution in [2.24, 2.45) is 0 Å². The van der Waals surface area contributed by atoms with Gasteiger partial charge in [0.1, 0.15) is 0 Å². The molecule has 19 heavy (non-hydrogen) atoms. The van der Waals surface area contributed by atoms with E-state index in [2.05, 4.69) is 10.3 Å². The fourth-order valence-corrected chi connectivity index (χ4v) is 3.12. The second kappa shape index (κ2) is 4.48. The summed E-state index contributed by atoms with van der Waals surface area (Å²) in [7, 11) is -3.15. The Bertz CT molecular complexity index is 668. The number of aromatic nitrogens is 2. The van der Waals surface area contributed by atoms with E-state index in [4.69, 9.17) is 0 Å². The van der Waals surface area contributed by atoms with Gasteiger partial charge >= 0.3 is 0 Å². The van der Waals surface area contributed by atoms with Crippen LogP contribution in [0.5, 0.6) is 0 Å². The Kier molecular flexibility index (Phi) is 3.25. The van der Waals surface area contributed by atoms with E-state index < -0.39 is 15.9 Å². The molecule has 0 saturated carbocycles. The Morgan fingerprint density at radius 2 is 2.11 bits per heavy atom. The van der Waals surface area contributed by atoms with E-state index in [1.807, 2.05) is 20.8 Å². The molecule has 6 nitrogen and oxygen atoms in total. The second-order valence-electron chi connectivity index (χ2n) is 5.53. The number of rotatable bonds is 2. The van der Waals surface area contributed by atoms with Crippen LogP contribution in [0, 0.1) is 0 Å². The van der Waals surface area contributed by atoms with Crippen molar-refractivity contribution in [3.63, 3.8) is 0 Å². The van der Waals surface area contributed by atoms with E-state index in [1.54, 1.807) is 10.8 Å². The van der Waals surface area contributed by atoms with Crippen LogP contribution < -0.4 is 10.9 Å². The molecule has 1 aliphatic rings. The minimum Gasteiger partial charge on any atom is -0.358 e. The number of nitrogens with one attached hydrogen (secondary N) is 1. The maximum atomic E-state index is 12.2. The Morgan fingerprint density at radius 3 is 2.63 bits per heavy atom. The standard InChI is InChI=1S/C12H17N3O3S/c1-12(2,3)15-6-5-13-10(11(15)16)14-9-4-7-19(17,18)8-9/h4-7,9H,8H2,1-3H3,(H,13,14). The zero-order valence-corrected chi connectivity index (χ0v) is 11.9. The van der Waals surface area contributed by atoms with E-state index in [0.29, 0.717) is 0 Å². The third-order valence-electron chi connectivity index (χ3n) is 2.82. The summed E-state index contributed by atoms with van der Waals surface area (Å²) < 4.78 is 24.2. The van der Waals surface area contributed by atoms with Crippen molar-refractivity contribution in [2.45, 2.75) is 32.4 Å². The number of nitrogens with zero attached hydrogens (tertiary/aromatic N) is 2. The van der Waals surface area contributed by atoms with Crippen LogP contribution in [0.3, 0.4) is 0 Å². The highest BCUT2D eigenvalue weighted by molar-refractivity contribution is 7.94. The molecule has 7 heteroatoms. The summed E-state index contributed by atoms with van der Waals surface area (Å²) >= 11 is 0. The first kappa shape index (κ1) is 13.8. The van der Waals surface area contributed by atoms with Crippen LogP contribution in [0.4, 0.5) is 5.82 Å². The average molecular weight is 283 g/mol. The van der Waals surface area contributed by atoms with Gasteiger partial charge in [-0.15, -0.1) is 0 Å². The van der Waals surface area contributed by atoms with E-state index >= 15 is 0 Å². The maximum Gasteiger partial charge on any atom is 0.293 e. The van der Waals surface area contributed by atoms with Gasteiger partial charge in [0.15, 0.2) is 15.7 Å². The summed E-state index contributed by atoms with van der Waals surface area (Å²) in [5.41, 5.74) is -0.610. The number of hydrogen-bond donors (Lipinski definition) is 1. The van der Waals surface area contributed by atoms with E-state index in [-0.39, 0.29) is 22.7 Å². The molecular formula is C12H17N3O3S. The molecule has 0 bridgehead atoms. The zero-order valence-electron chi connectivity index (χ0n) is 11.1. The smallest absolute Gasteiger partial charge is 0.293 e. The van der Waals surface area contributed by atoms with Crippen molar-refractivity contribution in [3.8, 4) is 0 Å². The van der Waals surface area contributed by atoms with Crippen molar-refractivity contribution in [1.29, 1.82) is 0 Å². The van der Waals surface area contributed by atoms with Crippen LogP contribution >= 0.6 is 0 Å². The molecule has 1 aromatic rings. The predicted molar refractivity (Wildman–Crippen MR) is 73.8 cm³/mol. The lowest BCUT2D eigenvalue weighted by Gasteiger charge is -2.23. The molecular weight excluding hydrogens is 266 g/mol. The quantitative estimate of drug-likeness (QED) is 0.865. The lowest BCUT2D eigenvalue weighted by molar-refractivity contribution is 0.383. The van der Waals surface area contributed by atoms with Crippen molar-refractivity contribution in [1.82, 2.24) is 9.55 Å². The highest BCUT2D eigenvalue weighted by atomic mass is 32.2. The monoisotopic (exact) mass is 283 g/mol. The van der Waals surface area contributed by atoms with E-state index in [9.17, 15) is 13.2 Å². The zero-order chi connectivity index (χ0) is 14.3. The SMILES string of the molecule is CC(C)(C)n1ccnc(NC2C=CS(=O)(=O)C2)c1=O. The molecule has 0 fully saturated rings. The van der Waals surface area contributed by atoms with Gasteiger partial charge in [-0.25, -0.2) is 13.4 Å². The summed E-state index contributed by atoms with van der Waals surface area (Å²) in [5, 5.41) is 4.03. The Balaban J connectivity index is 2.29. The topological polar surface area (TPSA) is 81.1 Å². The normalized spacial score (nSPS) is 21.5. The van der Waals surface area contributed by atoms with Crippen LogP contribution in [0.2, 0.25) is 0 Å². The molecule has 104 valence electrons. The number of anilines is 1. The van der Waals surface area contributed by atoms with Crippen LogP contribution in [0.1, 0.15) is 20.8 Å². The van der Waals surface area contributed by atoms with Crippen molar-refractivity contribution in [2.75, 3.05) is 11.1 Å². The highest BCUT2D eigenvalue weighted by Crippen LogP contribution is 2.13. The van der Waals surface area contributed by atoms with Gasteiger partial charge in [-0.3, -0.25) is 4.79 Å². The molecule has 0 aromatic carbocycles. The van der Waals surface area contributed by atoms with Crippen LogP contribution in [0.15, 0.2) is 28.7 Å². The van der Waals surface area contributed by atoms with Crippen molar-refractivity contribution < 1.29 is 8.42 Å². The Labute approximate surface area is 112 Å². The van der Waals surface area contributed by atoms with Gasteiger partial charge in [0.2, 0.25) is 0 Å².